The van der Waals surface area contributed by atoms with Gasteiger partial charge >= 0.3 is 12.0 Å². The lowest BCUT2D eigenvalue weighted by Gasteiger charge is -2.34. The number of hydroxylamine groups is 3. The zero-order chi connectivity index (χ0) is 14.2. The Morgan fingerprint density at radius 1 is 1.35 bits per heavy atom. The van der Waals surface area contributed by atoms with Crippen molar-refractivity contribution in [1.29, 1.82) is 0 Å². The van der Waals surface area contributed by atoms with E-state index in [4.69, 9.17) is 9.94 Å². The highest BCUT2D eigenvalue weighted by Crippen LogP contribution is 2.30. The van der Waals surface area contributed by atoms with E-state index in [1.165, 1.54) is 4.90 Å². The Morgan fingerprint density at radius 2 is 2.10 bits per heavy atom. The lowest BCUT2D eigenvalue weighted by atomic mass is 10.1. The summed E-state index contributed by atoms with van der Waals surface area (Å²) in [7, 11) is 0. The first-order chi connectivity index (χ1) is 9.62. The largest absolute Gasteiger partial charge is 0.480 e. The van der Waals surface area contributed by atoms with Gasteiger partial charge in [-0.15, -0.1) is 0 Å². The molecule has 2 aliphatic rings. The Bertz CT molecular complexity index is 533. The van der Waals surface area contributed by atoms with E-state index in [9.17, 15) is 9.59 Å². The fraction of sp³-hybridized carbons (Fsp3) is 0.429. The number of hydrogen-bond acceptors (Lipinski definition) is 3. The van der Waals surface area contributed by atoms with Crippen molar-refractivity contribution >= 4 is 12.0 Å². The molecule has 0 aromatic heterocycles. The molecule has 3 rings (SSSR count). The number of carbonyl (C=O) groups excluding carboxylic acids is 1. The highest BCUT2D eigenvalue weighted by molar-refractivity contribution is 5.81. The first-order valence-electron chi connectivity index (χ1n) is 6.72. The molecule has 2 atom stereocenters. The van der Waals surface area contributed by atoms with Gasteiger partial charge in [0.1, 0.15) is 25.7 Å². The molecule has 2 fully saturated rings. The molecular weight excluding hydrogens is 260 g/mol. The van der Waals surface area contributed by atoms with E-state index in [1.807, 2.05) is 30.3 Å². The van der Waals surface area contributed by atoms with Crippen LogP contribution in [0.1, 0.15) is 12.0 Å². The zero-order valence-electron chi connectivity index (χ0n) is 11.1. The number of nitrogens with zero attached hydrogens (tertiary/aromatic N) is 2. The number of quaternary nitrogens is 1. The van der Waals surface area contributed by atoms with Crippen LogP contribution < -0.4 is 0 Å². The predicted octanol–water partition coefficient (Wildman–Crippen LogP) is 1.23. The third-order valence-corrected chi connectivity index (χ3v) is 4.04. The summed E-state index contributed by atoms with van der Waals surface area (Å²) in [4.78, 5) is 30.8. The summed E-state index contributed by atoms with van der Waals surface area (Å²) in [6.45, 7) is 1.76. The number of carboxylic acids is 1. The Morgan fingerprint density at radius 3 is 2.80 bits per heavy atom. The summed E-state index contributed by atoms with van der Waals surface area (Å²) in [5, 5.41) is 9.13. The second-order valence-electron chi connectivity index (χ2n) is 5.21. The average Bonchev–Trinajstić information content (AvgIpc) is 2.66. The summed E-state index contributed by atoms with van der Waals surface area (Å²) in [6.07, 6.45) is 0.440. The van der Waals surface area contributed by atoms with Crippen molar-refractivity contribution in [1.82, 2.24) is 4.90 Å². The van der Waals surface area contributed by atoms with Gasteiger partial charge in [-0.05, 0) is 5.56 Å². The Balaban J connectivity index is 1.71. The molecule has 106 valence electrons. The molecule has 0 radical (unpaired) electrons. The topological polar surface area (TPSA) is 66.8 Å². The summed E-state index contributed by atoms with van der Waals surface area (Å²) < 4.78 is -0.0708. The van der Waals surface area contributed by atoms with Crippen LogP contribution in [0.5, 0.6) is 0 Å². The monoisotopic (exact) mass is 277 g/mol. The quantitative estimate of drug-likeness (QED) is 0.841. The normalized spacial score (nSPS) is 28.7. The van der Waals surface area contributed by atoms with E-state index in [1.54, 1.807) is 0 Å². The highest BCUT2D eigenvalue weighted by atomic mass is 16.7. The molecule has 2 saturated heterocycles. The predicted molar refractivity (Wildman–Crippen MR) is 69.4 cm³/mol. The van der Waals surface area contributed by atoms with Crippen molar-refractivity contribution in [3.05, 3.63) is 35.9 Å². The van der Waals surface area contributed by atoms with E-state index < -0.39 is 12.0 Å². The van der Waals surface area contributed by atoms with Crippen LogP contribution in [0.3, 0.4) is 0 Å². The van der Waals surface area contributed by atoms with Crippen LogP contribution in [0, 0.1) is 0 Å². The van der Waals surface area contributed by atoms with Crippen molar-refractivity contribution < 1.29 is 24.2 Å². The number of aliphatic carboxylic acids is 1. The molecule has 0 saturated carbocycles. The second kappa shape index (κ2) is 4.88. The van der Waals surface area contributed by atoms with Gasteiger partial charge in [-0.1, -0.05) is 35.0 Å². The van der Waals surface area contributed by atoms with E-state index in [0.29, 0.717) is 32.7 Å². The van der Waals surface area contributed by atoms with Crippen molar-refractivity contribution in [2.45, 2.75) is 19.1 Å². The third-order valence-electron chi connectivity index (χ3n) is 4.04. The number of carbonyl (C=O) groups is 2. The number of carboxylic acid groups (broad SMARTS) is 1. The van der Waals surface area contributed by atoms with Gasteiger partial charge in [0.15, 0.2) is 0 Å². The van der Waals surface area contributed by atoms with Crippen LogP contribution >= 0.6 is 0 Å². The average molecular weight is 277 g/mol. The van der Waals surface area contributed by atoms with Crippen molar-refractivity contribution in [3.8, 4) is 0 Å². The van der Waals surface area contributed by atoms with Gasteiger partial charge < -0.3 is 5.11 Å². The zero-order valence-corrected chi connectivity index (χ0v) is 11.1. The van der Waals surface area contributed by atoms with Gasteiger partial charge in [-0.25, -0.2) is 9.59 Å². The minimum absolute atomic E-state index is 0.0708. The molecule has 1 N–H and O–H groups in total. The standard InChI is InChI=1S/C14H16N2O4/c17-13(18)12-6-8-16(9-7-15(12)14(16)19)20-10-11-4-2-1-3-5-11/h1-5,12H,6-10H2/p+1/t12-,16?/m0/s1. The van der Waals surface area contributed by atoms with Crippen LogP contribution in [0.15, 0.2) is 30.3 Å². The SMILES string of the molecule is O=C(O)[C@@H]1CC[N+]2(OCc3ccccc3)CCN1C2=O. The maximum Gasteiger partial charge on any atom is 0.452 e. The van der Waals surface area contributed by atoms with Gasteiger partial charge in [0, 0.05) is 6.42 Å². The minimum Gasteiger partial charge on any atom is -0.480 e. The van der Waals surface area contributed by atoms with Gasteiger partial charge in [0.05, 0.1) is 6.54 Å². The minimum atomic E-state index is -0.930. The van der Waals surface area contributed by atoms with Crippen LogP contribution in [-0.2, 0) is 16.2 Å². The Labute approximate surface area is 116 Å². The fourth-order valence-electron chi connectivity index (χ4n) is 2.89. The maximum absolute atomic E-state index is 12.4. The van der Waals surface area contributed by atoms with E-state index in [0.717, 1.165) is 5.56 Å². The molecule has 2 heterocycles. The molecule has 2 aliphatic heterocycles. The number of benzene rings is 1. The molecule has 1 aromatic rings. The van der Waals surface area contributed by atoms with Gasteiger partial charge in [-0.3, -0.25) is 4.90 Å². The molecule has 0 aliphatic carbocycles. The summed E-state index contributed by atoms with van der Waals surface area (Å²) in [5.74, 6) is -0.930. The number of hydrogen-bond donors (Lipinski definition) is 1. The maximum atomic E-state index is 12.4. The molecule has 2 bridgehead atoms. The van der Waals surface area contributed by atoms with Crippen molar-refractivity contribution in [2.24, 2.45) is 0 Å². The number of amides is 2. The lowest BCUT2D eigenvalue weighted by Crippen LogP contribution is -2.59. The summed E-state index contributed by atoms with van der Waals surface area (Å²) in [6, 6.07) is 8.75. The van der Waals surface area contributed by atoms with Crippen LogP contribution in [-0.4, -0.2) is 52.3 Å². The fourth-order valence-corrected chi connectivity index (χ4v) is 2.89. The van der Waals surface area contributed by atoms with Crippen LogP contribution in [0.25, 0.3) is 0 Å². The Hall–Kier alpha value is -1.92. The molecule has 6 nitrogen and oxygen atoms in total. The number of rotatable bonds is 4. The van der Waals surface area contributed by atoms with E-state index in [2.05, 4.69) is 0 Å². The first kappa shape index (κ1) is 13.1. The van der Waals surface area contributed by atoms with Crippen molar-refractivity contribution in [3.63, 3.8) is 0 Å². The highest BCUT2D eigenvalue weighted by Gasteiger charge is 2.57. The molecule has 0 spiro atoms. The number of fused-ring (bicyclic) bond motifs is 2. The summed E-state index contributed by atoms with van der Waals surface area (Å²) in [5.41, 5.74) is 1.01. The van der Waals surface area contributed by atoms with Crippen LogP contribution in [0.4, 0.5) is 4.79 Å². The Kier molecular flexibility index (Phi) is 3.19. The van der Waals surface area contributed by atoms with E-state index >= 15 is 0 Å². The van der Waals surface area contributed by atoms with Crippen molar-refractivity contribution in [2.75, 3.05) is 19.6 Å². The number of urea groups is 1. The first-order valence-corrected chi connectivity index (χ1v) is 6.72. The van der Waals surface area contributed by atoms with E-state index in [-0.39, 0.29) is 10.7 Å². The molecule has 6 heteroatoms. The molecule has 20 heavy (non-hydrogen) atoms. The van der Waals surface area contributed by atoms with Gasteiger partial charge in [0.25, 0.3) is 0 Å². The van der Waals surface area contributed by atoms with Gasteiger partial charge in [-0.2, -0.15) is 4.84 Å². The van der Waals surface area contributed by atoms with Gasteiger partial charge in [0.2, 0.25) is 0 Å². The van der Waals surface area contributed by atoms with Crippen LogP contribution in [0.2, 0.25) is 0 Å². The second-order valence-corrected chi connectivity index (χ2v) is 5.21. The molecule has 1 aromatic carbocycles. The molecule has 2 amide bonds. The molecule has 1 unspecified atom stereocenters. The lowest BCUT2D eigenvalue weighted by molar-refractivity contribution is -1.04. The summed E-state index contributed by atoms with van der Waals surface area (Å²) >= 11 is 0. The smallest absolute Gasteiger partial charge is 0.452 e. The molecular formula is C14H17N2O4+. The third kappa shape index (κ3) is 2.07.